The molecule has 0 bridgehead atoms. The van der Waals surface area contributed by atoms with E-state index in [9.17, 15) is 4.79 Å². The lowest BCUT2D eigenvalue weighted by Crippen LogP contribution is -2.04. The summed E-state index contributed by atoms with van der Waals surface area (Å²) in [4.78, 5) is 10.2. The topological polar surface area (TPSA) is 26.3 Å². The number of hydrogen-bond acceptors (Lipinski definition) is 3. The number of thiol groups is 1. The highest BCUT2D eigenvalue weighted by Crippen LogP contribution is 1.80. The van der Waals surface area contributed by atoms with Crippen LogP contribution in [0.3, 0.4) is 0 Å². The molecule has 0 aliphatic carbocycles. The Kier molecular flexibility index (Phi) is 4.45. The van der Waals surface area contributed by atoms with Crippen LogP contribution in [-0.4, -0.2) is 18.3 Å². The van der Waals surface area contributed by atoms with E-state index >= 15 is 0 Å². The van der Waals surface area contributed by atoms with Crippen LogP contribution >= 0.6 is 12.6 Å². The fourth-order valence-corrected chi connectivity index (χ4v) is 0.289. The Balaban J connectivity index is 3.11. The number of esters is 1. The van der Waals surface area contributed by atoms with Gasteiger partial charge in [0.1, 0.15) is 6.61 Å². The van der Waals surface area contributed by atoms with Gasteiger partial charge in [0.15, 0.2) is 0 Å². The molecule has 0 heterocycles. The van der Waals surface area contributed by atoms with Crippen LogP contribution < -0.4 is 0 Å². The minimum atomic E-state index is -0.312. The van der Waals surface area contributed by atoms with Crippen LogP contribution in [0.1, 0.15) is 0 Å². The van der Waals surface area contributed by atoms with Crippen LogP contribution in [0.2, 0.25) is 0 Å². The third-order valence-corrected chi connectivity index (χ3v) is 0.749. The maximum atomic E-state index is 10.2. The molecular weight excluding hydrogens is 124 g/mol. The van der Waals surface area contributed by atoms with Gasteiger partial charge in [0.05, 0.1) is 5.75 Å². The van der Waals surface area contributed by atoms with E-state index in [0.717, 1.165) is 0 Å². The van der Waals surface area contributed by atoms with Gasteiger partial charge in [-0.15, -0.1) is 0 Å². The Hall–Kier alpha value is -0.440. The van der Waals surface area contributed by atoms with Crippen molar-refractivity contribution in [1.29, 1.82) is 0 Å². The highest BCUT2D eigenvalue weighted by atomic mass is 32.1. The first-order chi connectivity index (χ1) is 3.81. The Morgan fingerprint density at radius 3 is 2.88 bits per heavy atom. The standard InChI is InChI=1S/C5H8O2S/c1-2-3-7-5(6)4-8/h2,8H,1,3-4H2. The summed E-state index contributed by atoms with van der Waals surface area (Å²) in [6.45, 7) is 3.64. The van der Waals surface area contributed by atoms with E-state index in [0.29, 0.717) is 0 Å². The zero-order chi connectivity index (χ0) is 6.41. The normalized spacial score (nSPS) is 8.12. The van der Waals surface area contributed by atoms with E-state index in [4.69, 9.17) is 0 Å². The monoisotopic (exact) mass is 132 g/mol. The summed E-state index contributed by atoms with van der Waals surface area (Å²) >= 11 is 3.68. The number of carbonyl (C=O) groups is 1. The van der Waals surface area contributed by atoms with Gasteiger partial charge in [0.25, 0.3) is 0 Å². The molecule has 0 aromatic carbocycles. The third-order valence-electron chi connectivity index (χ3n) is 0.491. The summed E-state index contributed by atoms with van der Waals surface area (Å²) in [6.07, 6.45) is 1.52. The molecular formula is C5H8O2S. The maximum Gasteiger partial charge on any atom is 0.315 e. The summed E-state index contributed by atoms with van der Waals surface area (Å²) in [6, 6.07) is 0. The zero-order valence-electron chi connectivity index (χ0n) is 4.46. The summed E-state index contributed by atoms with van der Waals surface area (Å²) in [5.74, 6) is -0.179. The summed E-state index contributed by atoms with van der Waals surface area (Å²) < 4.78 is 4.51. The number of rotatable bonds is 3. The van der Waals surface area contributed by atoms with Gasteiger partial charge >= 0.3 is 5.97 Å². The molecule has 2 nitrogen and oxygen atoms in total. The minimum absolute atomic E-state index is 0.133. The van der Waals surface area contributed by atoms with Gasteiger partial charge in [-0.2, -0.15) is 12.6 Å². The second-order valence-corrected chi connectivity index (χ2v) is 1.45. The average Bonchev–Trinajstić information content (AvgIpc) is 1.83. The van der Waals surface area contributed by atoms with Gasteiger partial charge in [-0.05, 0) is 0 Å². The van der Waals surface area contributed by atoms with Crippen LogP contribution in [0.15, 0.2) is 12.7 Å². The molecule has 0 rings (SSSR count). The molecule has 8 heavy (non-hydrogen) atoms. The van der Waals surface area contributed by atoms with Crippen molar-refractivity contribution in [1.82, 2.24) is 0 Å². The molecule has 0 aromatic heterocycles. The van der Waals surface area contributed by atoms with E-state index in [-0.39, 0.29) is 18.3 Å². The van der Waals surface area contributed by atoms with Crippen LogP contribution in [0.25, 0.3) is 0 Å². The first kappa shape index (κ1) is 7.56. The van der Waals surface area contributed by atoms with Gasteiger partial charge in [-0.1, -0.05) is 12.7 Å². The molecule has 0 amide bonds. The largest absolute Gasteiger partial charge is 0.461 e. The molecule has 0 saturated carbocycles. The quantitative estimate of drug-likeness (QED) is 0.346. The Morgan fingerprint density at radius 1 is 1.88 bits per heavy atom. The SMILES string of the molecule is C=CCOC(=O)CS. The molecule has 0 aromatic rings. The fourth-order valence-electron chi connectivity index (χ4n) is 0.198. The predicted molar refractivity (Wildman–Crippen MR) is 35.0 cm³/mol. The second-order valence-electron chi connectivity index (χ2n) is 1.13. The summed E-state index contributed by atoms with van der Waals surface area (Å²) in [7, 11) is 0. The molecule has 0 radical (unpaired) electrons. The van der Waals surface area contributed by atoms with Gasteiger partial charge in [-0.3, -0.25) is 4.79 Å². The molecule has 0 saturated heterocycles. The van der Waals surface area contributed by atoms with E-state index < -0.39 is 0 Å². The Bertz CT molecular complexity index is 90.4. The fraction of sp³-hybridized carbons (Fsp3) is 0.400. The molecule has 0 aliphatic heterocycles. The third kappa shape index (κ3) is 3.74. The summed E-state index contributed by atoms with van der Waals surface area (Å²) in [5.41, 5.74) is 0. The van der Waals surface area contributed by atoms with Crippen molar-refractivity contribution >= 4 is 18.6 Å². The molecule has 0 unspecified atom stereocenters. The van der Waals surface area contributed by atoms with Crippen LogP contribution in [0, 0.1) is 0 Å². The second kappa shape index (κ2) is 4.71. The smallest absolute Gasteiger partial charge is 0.315 e. The van der Waals surface area contributed by atoms with Crippen molar-refractivity contribution in [2.24, 2.45) is 0 Å². The Morgan fingerprint density at radius 2 is 2.50 bits per heavy atom. The number of hydrogen-bond donors (Lipinski definition) is 1. The molecule has 0 atom stereocenters. The summed E-state index contributed by atoms with van der Waals surface area (Å²) in [5, 5.41) is 0. The van der Waals surface area contributed by atoms with E-state index in [1.807, 2.05) is 0 Å². The van der Waals surface area contributed by atoms with E-state index in [1.165, 1.54) is 6.08 Å². The molecule has 0 N–H and O–H groups in total. The lowest BCUT2D eigenvalue weighted by molar-refractivity contribution is -0.139. The van der Waals surface area contributed by atoms with Crippen molar-refractivity contribution < 1.29 is 9.53 Å². The van der Waals surface area contributed by atoms with Gasteiger partial charge < -0.3 is 4.74 Å². The maximum absolute atomic E-state index is 10.2. The zero-order valence-corrected chi connectivity index (χ0v) is 5.36. The van der Waals surface area contributed by atoms with Crippen LogP contribution in [0.4, 0.5) is 0 Å². The van der Waals surface area contributed by atoms with E-state index in [1.54, 1.807) is 0 Å². The highest BCUT2D eigenvalue weighted by Gasteiger charge is 1.92. The van der Waals surface area contributed by atoms with Crippen molar-refractivity contribution in [3.05, 3.63) is 12.7 Å². The number of ether oxygens (including phenoxy) is 1. The lowest BCUT2D eigenvalue weighted by Gasteiger charge is -1.94. The molecule has 0 spiro atoms. The Labute approximate surface area is 53.9 Å². The van der Waals surface area contributed by atoms with Crippen molar-refractivity contribution in [3.8, 4) is 0 Å². The molecule has 0 fully saturated rings. The highest BCUT2D eigenvalue weighted by molar-refractivity contribution is 7.81. The van der Waals surface area contributed by atoms with Crippen LogP contribution in [-0.2, 0) is 9.53 Å². The first-order valence-electron chi connectivity index (χ1n) is 2.18. The number of carbonyl (C=O) groups excluding carboxylic acids is 1. The van der Waals surface area contributed by atoms with Crippen molar-refractivity contribution in [2.75, 3.05) is 12.4 Å². The van der Waals surface area contributed by atoms with Gasteiger partial charge in [-0.25, -0.2) is 0 Å². The van der Waals surface area contributed by atoms with Crippen LogP contribution in [0.5, 0.6) is 0 Å². The van der Waals surface area contributed by atoms with E-state index in [2.05, 4.69) is 23.9 Å². The van der Waals surface area contributed by atoms with Gasteiger partial charge in [0, 0.05) is 0 Å². The minimum Gasteiger partial charge on any atom is -0.461 e. The molecule has 3 heteroatoms. The average molecular weight is 132 g/mol. The molecule has 0 aliphatic rings. The predicted octanol–water partition coefficient (Wildman–Crippen LogP) is 0.645. The first-order valence-corrected chi connectivity index (χ1v) is 2.82. The van der Waals surface area contributed by atoms with Crippen molar-refractivity contribution in [2.45, 2.75) is 0 Å². The van der Waals surface area contributed by atoms with Crippen molar-refractivity contribution in [3.63, 3.8) is 0 Å². The van der Waals surface area contributed by atoms with Gasteiger partial charge in [0.2, 0.25) is 0 Å². The molecule has 46 valence electrons. The lowest BCUT2D eigenvalue weighted by atomic mass is 10.7.